The van der Waals surface area contributed by atoms with Gasteiger partial charge >= 0.3 is 0 Å². The maximum absolute atomic E-state index is 11.7. The molecule has 4 atom stereocenters. The number of piperidine rings is 1. The third-order valence-corrected chi connectivity index (χ3v) is 4.77. The molecule has 3 nitrogen and oxygen atoms in total. The van der Waals surface area contributed by atoms with Crippen LogP contribution < -0.4 is 0 Å². The Morgan fingerprint density at radius 3 is 1.59 bits per heavy atom. The van der Waals surface area contributed by atoms with Crippen molar-refractivity contribution in [2.45, 2.75) is 32.4 Å². The van der Waals surface area contributed by atoms with Crippen molar-refractivity contribution in [1.29, 1.82) is 0 Å². The lowest BCUT2D eigenvalue weighted by Gasteiger charge is -2.45. The Bertz CT molecular complexity index is 562. The minimum atomic E-state index is 0.0418. The van der Waals surface area contributed by atoms with Crippen LogP contribution in [0, 0.1) is 16.7 Å². The monoisotopic (exact) mass is 294 g/mol. The van der Waals surface area contributed by atoms with Crippen molar-refractivity contribution < 1.29 is 0 Å². The Balaban J connectivity index is 2.02. The fourth-order valence-corrected chi connectivity index (χ4v) is 3.90. The van der Waals surface area contributed by atoms with Gasteiger partial charge in [0, 0.05) is 0 Å². The first kappa shape index (κ1) is 14.8. The van der Waals surface area contributed by atoms with E-state index in [9.17, 15) is 4.91 Å². The van der Waals surface area contributed by atoms with E-state index in [1.807, 2.05) is 36.4 Å². The summed E-state index contributed by atoms with van der Waals surface area (Å²) in [6.07, 6.45) is 1.09. The number of nitroso groups, excluding NO2 is 1. The minimum Gasteiger partial charge on any atom is -0.245 e. The molecule has 1 aliphatic heterocycles. The van der Waals surface area contributed by atoms with Crippen LogP contribution in [0.15, 0.2) is 65.9 Å². The smallest absolute Gasteiger partial charge is 0.0784 e. The second kappa shape index (κ2) is 6.30. The van der Waals surface area contributed by atoms with Crippen LogP contribution in [0.2, 0.25) is 0 Å². The SMILES string of the molecule is C[C@@H]1C[C@@H](C)[C@H](c2ccccc2)N(N=O)[C@@H]1c1ccccc1. The Morgan fingerprint density at radius 2 is 1.23 bits per heavy atom. The summed E-state index contributed by atoms with van der Waals surface area (Å²) in [5.74, 6) is 0.796. The van der Waals surface area contributed by atoms with Gasteiger partial charge in [-0.15, -0.1) is 4.91 Å². The zero-order valence-corrected chi connectivity index (χ0v) is 13.1. The maximum atomic E-state index is 11.7. The van der Waals surface area contributed by atoms with Crippen molar-refractivity contribution in [3.63, 3.8) is 0 Å². The van der Waals surface area contributed by atoms with Crippen LogP contribution in [0.3, 0.4) is 0 Å². The number of hydrogen-bond acceptors (Lipinski definition) is 2. The number of benzene rings is 2. The molecule has 1 saturated heterocycles. The van der Waals surface area contributed by atoms with Crippen LogP contribution in [-0.4, -0.2) is 5.01 Å². The van der Waals surface area contributed by atoms with E-state index >= 15 is 0 Å². The number of rotatable bonds is 3. The molecule has 3 heteroatoms. The largest absolute Gasteiger partial charge is 0.245 e. The first-order chi connectivity index (χ1) is 10.7. The van der Waals surface area contributed by atoms with Crippen LogP contribution in [0.25, 0.3) is 0 Å². The van der Waals surface area contributed by atoms with Crippen molar-refractivity contribution in [1.82, 2.24) is 5.01 Å². The average Bonchev–Trinajstić information content (AvgIpc) is 2.55. The Kier molecular flexibility index (Phi) is 4.23. The predicted molar refractivity (Wildman–Crippen MR) is 88.9 cm³/mol. The quantitative estimate of drug-likeness (QED) is 0.735. The summed E-state index contributed by atoms with van der Waals surface area (Å²) in [5.41, 5.74) is 2.34. The van der Waals surface area contributed by atoms with E-state index in [0.29, 0.717) is 11.8 Å². The first-order valence-corrected chi connectivity index (χ1v) is 7.94. The lowest BCUT2D eigenvalue weighted by molar-refractivity contribution is 0.00714. The van der Waals surface area contributed by atoms with E-state index < -0.39 is 0 Å². The van der Waals surface area contributed by atoms with Gasteiger partial charge in [-0.2, -0.15) is 0 Å². The van der Waals surface area contributed by atoms with Crippen LogP contribution in [-0.2, 0) is 0 Å². The zero-order valence-electron chi connectivity index (χ0n) is 13.1. The molecule has 0 spiro atoms. The summed E-state index contributed by atoms with van der Waals surface area (Å²) in [4.78, 5) is 11.7. The highest BCUT2D eigenvalue weighted by Crippen LogP contribution is 2.47. The van der Waals surface area contributed by atoms with Gasteiger partial charge in [0.15, 0.2) is 0 Å². The second-order valence-electron chi connectivity index (χ2n) is 6.36. The molecular weight excluding hydrogens is 272 g/mol. The summed E-state index contributed by atoms with van der Waals surface area (Å²) in [5, 5.41) is 5.23. The molecule has 0 radical (unpaired) electrons. The van der Waals surface area contributed by atoms with Gasteiger partial charge in [0.2, 0.25) is 0 Å². The Labute approximate surface area is 131 Å². The molecule has 114 valence electrons. The van der Waals surface area contributed by atoms with E-state index in [2.05, 4.69) is 43.4 Å². The van der Waals surface area contributed by atoms with Crippen LogP contribution >= 0.6 is 0 Å². The lowest BCUT2D eigenvalue weighted by Crippen LogP contribution is -2.40. The fraction of sp³-hybridized carbons (Fsp3) is 0.368. The highest BCUT2D eigenvalue weighted by atomic mass is 16.3. The lowest BCUT2D eigenvalue weighted by atomic mass is 9.76. The van der Waals surface area contributed by atoms with E-state index in [1.54, 1.807) is 5.01 Å². The van der Waals surface area contributed by atoms with Crippen LogP contribution in [0.4, 0.5) is 0 Å². The molecule has 0 N–H and O–H groups in total. The van der Waals surface area contributed by atoms with Gasteiger partial charge in [-0.05, 0) is 29.4 Å². The molecule has 22 heavy (non-hydrogen) atoms. The summed E-state index contributed by atoms with van der Waals surface area (Å²) < 4.78 is 0. The van der Waals surface area contributed by atoms with E-state index in [-0.39, 0.29) is 12.1 Å². The Hall–Kier alpha value is -2.16. The summed E-state index contributed by atoms with van der Waals surface area (Å²) in [6, 6.07) is 20.6. The van der Waals surface area contributed by atoms with Gasteiger partial charge < -0.3 is 0 Å². The molecular formula is C19H22N2O. The zero-order chi connectivity index (χ0) is 15.5. The molecule has 0 saturated carbocycles. The maximum Gasteiger partial charge on any atom is 0.0784 e. The van der Waals surface area contributed by atoms with Gasteiger partial charge in [0.25, 0.3) is 0 Å². The minimum absolute atomic E-state index is 0.0418. The van der Waals surface area contributed by atoms with E-state index in [0.717, 1.165) is 6.42 Å². The molecule has 2 aromatic rings. The van der Waals surface area contributed by atoms with Crippen molar-refractivity contribution in [2.75, 3.05) is 0 Å². The summed E-state index contributed by atoms with van der Waals surface area (Å²) in [7, 11) is 0. The fourth-order valence-electron chi connectivity index (χ4n) is 3.90. The van der Waals surface area contributed by atoms with Crippen molar-refractivity contribution >= 4 is 0 Å². The standard InChI is InChI=1S/C19H22N2O/c1-14-13-15(2)19(17-11-7-4-8-12-17)21(20-22)18(14)16-9-5-3-6-10-16/h3-12,14-15,18-19H,13H2,1-2H3/t14-,15-,18-,19+/m1/s1. The number of hydrogen-bond donors (Lipinski definition) is 0. The molecule has 0 bridgehead atoms. The van der Waals surface area contributed by atoms with E-state index in [4.69, 9.17) is 0 Å². The third kappa shape index (κ3) is 2.63. The molecule has 1 aliphatic rings. The van der Waals surface area contributed by atoms with Crippen molar-refractivity contribution in [3.05, 3.63) is 76.7 Å². The third-order valence-electron chi connectivity index (χ3n) is 4.77. The number of nitrogens with zero attached hydrogens (tertiary/aromatic N) is 2. The van der Waals surface area contributed by atoms with Crippen molar-refractivity contribution in [2.24, 2.45) is 17.1 Å². The highest BCUT2D eigenvalue weighted by molar-refractivity contribution is 5.25. The second-order valence-corrected chi connectivity index (χ2v) is 6.36. The van der Waals surface area contributed by atoms with Crippen LogP contribution in [0.1, 0.15) is 43.5 Å². The average molecular weight is 294 g/mol. The van der Waals surface area contributed by atoms with E-state index in [1.165, 1.54) is 11.1 Å². The molecule has 0 aromatic heterocycles. The van der Waals surface area contributed by atoms with Crippen LogP contribution in [0.5, 0.6) is 0 Å². The molecule has 0 aliphatic carbocycles. The molecule has 0 amide bonds. The van der Waals surface area contributed by atoms with Gasteiger partial charge in [-0.25, -0.2) is 5.01 Å². The highest BCUT2D eigenvalue weighted by Gasteiger charge is 2.41. The van der Waals surface area contributed by atoms with Crippen molar-refractivity contribution in [3.8, 4) is 0 Å². The van der Waals surface area contributed by atoms with Gasteiger partial charge in [0.05, 0.1) is 17.4 Å². The first-order valence-electron chi connectivity index (χ1n) is 7.94. The van der Waals surface area contributed by atoms with Gasteiger partial charge in [0.1, 0.15) is 0 Å². The molecule has 2 aromatic carbocycles. The topological polar surface area (TPSA) is 32.7 Å². The summed E-state index contributed by atoms with van der Waals surface area (Å²) >= 11 is 0. The molecule has 1 heterocycles. The predicted octanol–water partition coefficient (Wildman–Crippen LogP) is 5.13. The van der Waals surface area contributed by atoms with Gasteiger partial charge in [-0.1, -0.05) is 74.5 Å². The summed E-state index contributed by atoms with van der Waals surface area (Å²) in [6.45, 7) is 4.43. The Morgan fingerprint density at radius 1 is 0.818 bits per heavy atom. The molecule has 3 rings (SSSR count). The normalized spacial score (nSPS) is 28.4. The van der Waals surface area contributed by atoms with Gasteiger partial charge in [-0.3, -0.25) is 0 Å². The molecule has 0 unspecified atom stereocenters. The molecule has 1 fully saturated rings.